The van der Waals surface area contributed by atoms with Crippen molar-refractivity contribution in [3.63, 3.8) is 0 Å². The molecule has 3 aromatic carbocycles. The molecule has 10 nitrogen and oxygen atoms in total. The third-order valence-corrected chi connectivity index (χ3v) is 8.10. The topological polar surface area (TPSA) is 95.4 Å². The van der Waals surface area contributed by atoms with E-state index in [2.05, 4.69) is 10.00 Å². The van der Waals surface area contributed by atoms with Crippen LogP contribution in [0, 0.1) is 0 Å². The second-order valence-corrected chi connectivity index (χ2v) is 11.2. The molecule has 0 radical (unpaired) electrons. The highest BCUT2D eigenvalue weighted by molar-refractivity contribution is 5.93. The lowest BCUT2D eigenvalue weighted by Gasteiger charge is -2.27. The fraction of sp³-hybridized carbons (Fsp3) is 0.343. The summed E-state index contributed by atoms with van der Waals surface area (Å²) in [5.74, 6) is 1.90. The van der Waals surface area contributed by atoms with Gasteiger partial charge in [-0.2, -0.15) is 5.10 Å². The van der Waals surface area contributed by atoms with Crippen LogP contribution in [0.1, 0.15) is 62.0 Å². The Morgan fingerprint density at radius 1 is 0.867 bits per heavy atom. The number of aryl methyl sites for hydroxylation is 1. The number of aromatic nitrogens is 2. The predicted molar refractivity (Wildman–Crippen MR) is 171 cm³/mol. The maximum absolute atomic E-state index is 14.2. The molecular formula is C35H40N4O6. The minimum Gasteiger partial charge on any atom is -0.497 e. The van der Waals surface area contributed by atoms with Crippen molar-refractivity contribution in [2.45, 2.75) is 38.4 Å². The van der Waals surface area contributed by atoms with Crippen LogP contribution < -0.4 is 19.1 Å². The van der Waals surface area contributed by atoms with Gasteiger partial charge in [-0.1, -0.05) is 24.3 Å². The van der Waals surface area contributed by atoms with E-state index >= 15 is 0 Å². The zero-order chi connectivity index (χ0) is 32.1. The van der Waals surface area contributed by atoms with Crippen LogP contribution in [0.25, 0.3) is 0 Å². The summed E-state index contributed by atoms with van der Waals surface area (Å²) in [4.78, 5) is 30.0. The molecule has 1 amide bonds. The molecule has 0 atom stereocenters. The molecule has 1 aliphatic rings. The Bertz CT molecular complexity index is 1660. The number of methoxy groups -OCH3 is 4. The van der Waals surface area contributed by atoms with Gasteiger partial charge in [0.25, 0.3) is 5.91 Å². The Kier molecular flexibility index (Phi) is 9.61. The van der Waals surface area contributed by atoms with E-state index in [0.717, 1.165) is 40.9 Å². The van der Waals surface area contributed by atoms with Crippen molar-refractivity contribution >= 4 is 17.6 Å². The summed E-state index contributed by atoms with van der Waals surface area (Å²) < 4.78 is 23.5. The Morgan fingerprint density at radius 3 is 2.24 bits per heavy atom. The van der Waals surface area contributed by atoms with E-state index < -0.39 is 0 Å². The fourth-order valence-corrected chi connectivity index (χ4v) is 5.48. The first-order valence-corrected chi connectivity index (χ1v) is 14.8. The van der Waals surface area contributed by atoms with Gasteiger partial charge in [-0.25, -0.2) is 4.79 Å². The number of nitrogens with zero attached hydrogens (tertiary/aromatic N) is 4. The molecule has 0 N–H and O–H groups in total. The van der Waals surface area contributed by atoms with E-state index in [-0.39, 0.29) is 18.4 Å². The van der Waals surface area contributed by atoms with E-state index in [4.69, 9.17) is 18.9 Å². The van der Waals surface area contributed by atoms with Gasteiger partial charge in [0, 0.05) is 43.8 Å². The number of ether oxygens (including phenoxy) is 4. The van der Waals surface area contributed by atoms with Crippen LogP contribution in [-0.4, -0.2) is 62.0 Å². The molecule has 1 saturated carbocycles. The van der Waals surface area contributed by atoms with Crippen molar-refractivity contribution in [3.8, 4) is 17.2 Å². The monoisotopic (exact) mass is 612 g/mol. The Labute approximate surface area is 264 Å². The summed E-state index contributed by atoms with van der Waals surface area (Å²) in [6, 6.07) is 20.8. The quantitative estimate of drug-likeness (QED) is 0.181. The molecule has 1 aliphatic carbocycles. The minimum atomic E-state index is -0.370. The van der Waals surface area contributed by atoms with E-state index in [0.29, 0.717) is 47.5 Å². The summed E-state index contributed by atoms with van der Waals surface area (Å²) in [6.45, 7) is 1.16. The van der Waals surface area contributed by atoms with Crippen LogP contribution in [0.4, 0.5) is 5.69 Å². The zero-order valence-corrected chi connectivity index (χ0v) is 26.7. The number of anilines is 1. The summed E-state index contributed by atoms with van der Waals surface area (Å²) in [7, 11) is 10.0. The highest BCUT2D eigenvalue weighted by atomic mass is 16.5. The molecule has 0 bridgehead atoms. The minimum absolute atomic E-state index is 0.138. The standard InChI is InChI=1S/C35H40N4O6/c1-37(20-23-10-12-25(13-11-23)35(41)45-6)30-9-7-8-27(33(30)44-5)22-39(21-26-16-17-28(42-3)18-32(26)43-4)34(40)31-19-29(24-14-15-24)36-38(31)2/h7-13,16-19,24H,14-15,20-22H2,1-6H3. The van der Waals surface area contributed by atoms with Gasteiger partial charge in [0.2, 0.25) is 0 Å². The average molecular weight is 613 g/mol. The van der Waals surface area contributed by atoms with Crippen LogP contribution in [0.15, 0.2) is 66.7 Å². The van der Waals surface area contributed by atoms with E-state index in [1.807, 2.05) is 68.7 Å². The van der Waals surface area contributed by atoms with Gasteiger partial charge in [-0.3, -0.25) is 9.48 Å². The molecule has 1 aromatic heterocycles. The second kappa shape index (κ2) is 13.8. The number of hydrogen-bond acceptors (Lipinski definition) is 8. The fourth-order valence-electron chi connectivity index (χ4n) is 5.48. The Hall–Kier alpha value is -4.99. The van der Waals surface area contributed by atoms with Gasteiger partial charge < -0.3 is 28.7 Å². The first-order valence-electron chi connectivity index (χ1n) is 14.8. The molecule has 45 heavy (non-hydrogen) atoms. The lowest BCUT2D eigenvalue weighted by Crippen LogP contribution is -2.32. The van der Waals surface area contributed by atoms with Gasteiger partial charge in [0.05, 0.1) is 58.5 Å². The first kappa shape index (κ1) is 31.4. The third kappa shape index (κ3) is 7.06. The van der Waals surface area contributed by atoms with Crippen LogP contribution in [0.5, 0.6) is 17.2 Å². The SMILES string of the molecule is COC(=O)c1ccc(CN(C)c2cccc(CN(Cc3ccc(OC)cc3OC)C(=O)c3cc(C4CC4)nn3C)c2OC)cc1. The van der Waals surface area contributed by atoms with Gasteiger partial charge in [-0.15, -0.1) is 0 Å². The number of carbonyl (C=O) groups is 2. The highest BCUT2D eigenvalue weighted by Crippen LogP contribution is 2.40. The zero-order valence-electron chi connectivity index (χ0n) is 26.7. The second-order valence-electron chi connectivity index (χ2n) is 11.2. The van der Waals surface area contributed by atoms with Gasteiger partial charge in [0.15, 0.2) is 0 Å². The molecule has 4 aromatic rings. The summed E-state index contributed by atoms with van der Waals surface area (Å²) in [5, 5.41) is 4.65. The Balaban J connectivity index is 1.45. The van der Waals surface area contributed by atoms with Crippen LogP contribution >= 0.6 is 0 Å². The first-order chi connectivity index (χ1) is 21.8. The van der Waals surface area contributed by atoms with Crippen molar-refractivity contribution in [2.24, 2.45) is 7.05 Å². The molecule has 1 fully saturated rings. The number of hydrogen-bond donors (Lipinski definition) is 0. The molecule has 1 heterocycles. The molecule has 0 unspecified atom stereocenters. The third-order valence-electron chi connectivity index (χ3n) is 8.10. The number of rotatable bonds is 13. The van der Waals surface area contributed by atoms with E-state index in [1.54, 1.807) is 43.0 Å². The Morgan fingerprint density at radius 2 is 1.60 bits per heavy atom. The van der Waals surface area contributed by atoms with Gasteiger partial charge in [-0.05, 0) is 54.8 Å². The van der Waals surface area contributed by atoms with Crippen LogP contribution in [-0.2, 0) is 31.4 Å². The van der Waals surface area contributed by atoms with Crippen molar-refractivity contribution in [3.05, 3.63) is 100 Å². The maximum atomic E-state index is 14.2. The number of benzene rings is 3. The van der Waals surface area contributed by atoms with Crippen molar-refractivity contribution < 1.29 is 28.5 Å². The van der Waals surface area contributed by atoms with E-state index in [1.165, 1.54) is 7.11 Å². The maximum Gasteiger partial charge on any atom is 0.337 e. The molecular weight excluding hydrogens is 572 g/mol. The number of para-hydroxylation sites is 1. The van der Waals surface area contributed by atoms with Crippen molar-refractivity contribution in [2.75, 3.05) is 40.4 Å². The molecule has 0 aliphatic heterocycles. The smallest absolute Gasteiger partial charge is 0.337 e. The largest absolute Gasteiger partial charge is 0.497 e. The molecule has 0 spiro atoms. The van der Waals surface area contributed by atoms with Crippen LogP contribution in [0.3, 0.4) is 0 Å². The predicted octanol–water partition coefficient (Wildman–Crippen LogP) is 5.59. The number of esters is 1. The average Bonchev–Trinajstić information content (AvgIpc) is 3.84. The van der Waals surface area contributed by atoms with E-state index in [9.17, 15) is 9.59 Å². The molecule has 5 rings (SSSR count). The normalized spacial score (nSPS) is 12.4. The highest BCUT2D eigenvalue weighted by Gasteiger charge is 2.30. The van der Waals surface area contributed by atoms with Crippen LogP contribution in [0.2, 0.25) is 0 Å². The summed E-state index contributed by atoms with van der Waals surface area (Å²) in [6.07, 6.45) is 2.20. The molecule has 0 saturated heterocycles. The molecule has 236 valence electrons. The van der Waals surface area contributed by atoms with Crippen molar-refractivity contribution in [1.29, 1.82) is 0 Å². The number of amides is 1. The lowest BCUT2D eigenvalue weighted by molar-refractivity contribution is 0.0600. The van der Waals surface area contributed by atoms with Crippen molar-refractivity contribution in [1.82, 2.24) is 14.7 Å². The lowest BCUT2D eigenvalue weighted by atomic mass is 10.1. The van der Waals surface area contributed by atoms with Gasteiger partial charge >= 0.3 is 5.97 Å². The summed E-state index contributed by atoms with van der Waals surface area (Å²) >= 11 is 0. The number of carbonyl (C=O) groups excluding carboxylic acids is 2. The summed E-state index contributed by atoms with van der Waals surface area (Å²) in [5.41, 5.74) is 5.59. The van der Waals surface area contributed by atoms with Gasteiger partial charge in [0.1, 0.15) is 22.9 Å². The molecule has 10 heteroatoms.